The van der Waals surface area contributed by atoms with Crippen LogP contribution in [-0.2, 0) is 9.53 Å². The van der Waals surface area contributed by atoms with E-state index in [1.54, 1.807) is 0 Å². The van der Waals surface area contributed by atoms with Gasteiger partial charge in [0, 0.05) is 28.7 Å². The van der Waals surface area contributed by atoms with Crippen LogP contribution in [0.1, 0.15) is 41.5 Å². The van der Waals surface area contributed by atoms with Crippen molar-refractivity contribution >= 4 is 11.8 Å². The van der Waals surface area contributed by atoms with Gasteiger partial charge in [0.25, 0.3) is 0 Å². The summed E-state index contributed by atoms with van der Waals surface area (Å²) in [5.41, 5.74) is 3.60. The van der Waals surface area contributed by atoms with Crippen molar-refractivity contribution < 1.29 is 23.8 Å². The van der Waals surface area contributed by atoms with Crippen molar-refractivity contribution in [1.29, 1.82) is 0 Å². The Morgan fingerprint density at radius 1 is 1.06 bits per heavy atom. The fourth-order valence-electron chi connectivity index (χ4n) is 4.49. The average Bonchev–Trinajstić information content (AvgIpc) is 3.08. The molecule has 4 rings (SSSR count). The number of likely N-dealkylation sites (tertiary alicyclic amines) is 1. The van der Waals surface area contributed by atoms with Gasteiger partial charge in [-0.25, -0.2) is 0 Å². The van der Waals surface area contributed by atoms with Crippen molar-refractivity contribution in [2.24, 2.45) is 5.92 Å². The van der Waals surface area contributed by atoms with Crippen molar-refractivity contribution in [2.75, 3.05) is 39.5 Å². The summed E-state index contributed by atoms with van der Waals surface area (Å²) in [5, 5.41) is 0. The minimum Gasteiger partial charge on any atom is -0.486 e. The summed E-state index contributed by atoms with van der Waals surface area (Å²) in [6.07, 6.45) is 1.48. The van der Waals surface area contributed by atoms with Gasteiger partial charge in [-0.15, -0.1) is 0 Å². The van der Waals surface area contributed by atoms with E-state index in [4.69, 9.17) is 14.2 Å². The fraction of sp³-hybridized carbons (Fsp3) is 0.500. The van der Waals surface area contributed by atoms with Crippen LogP contribution >= 0.6 is 0 Å². The number of aromatic nitrogens is 1. The minimum absolute atomic E-state index is 0.0495. The van der Waals surface area contributed by atoms with Crippen LogP contribution in [0.25, 0.3) is 5.69 Å². The topological polar surface area (TPSA) is 70.0 Å². The van der Waals surface area contributed by atoms with Crippen LogP contribution in [0.3, 0.4) is 0 Å². The van der Waals surface area contributed by atoms with Gasteiger partial charge in [-0.3, -0.25) is 14.5 Å². The van der Waals surface area contributed by atoms with E-state index in [1.807, 2.05) is 45.0 Å². The Hall–Kier alpha value is -2.80. The molecule has 1 aromatic heterocycles. The minimum atomic E-state index is -0.114. The molecule has 0 amide bonds. The molecular formula is C24H30N2O5. The number of ketones is 1. The first-order chi connectivity index (χ1) is 15.0. The number of carbonyl (C=O) groups excluding carboxylic acids is 2. The van der Waals surface area contributed by atoms with E-state index < -0.39 is 0 Å². The summed E-state index contributed by atoms with van der Waals surface area (Å²) >= 11 is 0. The number of nitrogens with zero attached hydrogens (tertiary/aromatic N) is 2. The Balaban J connectivity index is 1.45. The predicted octanol–water partition coefficient (Wildman–Crippen LogP) is 3.32. The molecule has 7 nitrogen and oxygen atoms in total. The van der Waals surface area contributed by atoms with Crippen LogP contribution in [-0.4, -0.2) is 60.7 Å². The normalized spacial score (nSPS) is 16.9. The lowest BCUT2D eigenvalue weighted by molar-refractivity contribution is -0.149. The molecule has 0 radical (unpaired) electrons. The number of hydrogen-bond acceptors (Lipinski definition) is 6. The highest BCUT2D eigenvalue weighted by atomic mass is 16.6. The summed E-state index contributed by atoms with van der Waals surface area (Å²) in [6.45, 7) is 9.15. The number of benzene rings is 1. The number of rotatable bonds is 6. The van der Waals surface area contributed by atoms with E-state index in [9.17, 15) is 9.59 Å². The summed E-state index contributed by atoms with van der Waals surface area (Å²) in [5.74, 6) is 1.42. The smallest absolute Gasteiger partial charge is 0.309 e. The molecule has 1 aromatic carbocycles. The lowest BCUT2D eigenvalue weighted by Gasteiger charge is -2.30. The highest BCUT2D eigenvalue weighted by Crippen LogP contribution is 2.33. The highest BCUT2D eigenvalue weighted by molar-refractivity contribution is 5.99. The van der Waals surface area contributed by atoms with Crippen LogP contribution in [0.5, 0.6) is 11.5 Å². The third-order valence-corrected chi connectivity index (χ3v) is 6.09. The lowest BCUT2D eigenvalue weighted by Crippen LogP contribution is -2.39. The lowest BCUT2D eigenvalue weighted by atomic mass is 9.96. The summed E-state index contributed by atoms with van der Waals surface area (Å²) < 4.78 is 18.5. The zero-order valence-corrected chi connectivity index (χ0v) is 18.5. The number of Topliss-reactive ketones (excluding diaryl/α,β-unsaturated/α-hetero) is 1. The van der Waals surface area contributed by atoms with E-state index in [-0.39, 0.29) is 17.7 Å². The molecule has 0 saturated carbocycles. The fourth-order valence-corrected chi connectivity index (χ4v) is 4.49. The van der Waals surface area contributed by atoms with Crippen molar-refractivity contribution in [3.8, 4) is 17.2 Å². The van der Waals surface area contributed by atoms with Gasteiger partial charge >= 0.3 is 5.97 Å². The average molecular weight is 427 g/mol. The molecule has 166 valence electrons. The monoisotopic (exact) mass is 426 g/mol. The zero-order valence-electron chi connectivity index (χ0n) is 18.5. The number of carbonyl (C=O) groups is 2. The van der Waals surface area contributed by atoms with Gasteiger partial charge < -0.3 is 18.8 Å². The maximum Gasteiger partial charge on any atom is 0.309 e. The van der Waals surface area contributed by atoms with E-state index in [2.05, 4.69) is 9.47 Å². The number of hydrogen-bond donors (Lipinski definition) is 0. The van der Waals surface area contributed by atoms with Crippen LogP contribution in [0.15, 0.2) is 24.3 Å². The molecule has 0 unspecified atom stereocenters. The molecule has 3 heterocycles. The van der Waals surface area contributed by atoms with Gasteiger partial charge in [0.2, 0.25) is 0 Å². The van der Waals surface area contributed by atoms with E-state index >= 15 is 0 Å². The molecule has 1 fully saturated rings. The van der Waals surface area contributed by atoms with Gasteiger partial charge in [-0.2, -0.15) is 0 Å². The van der Waals surface area contributed by atoms with Crippen LogP contribution in [0.2, 0.25) is 0 Å². The van der Waals surface area contributed by atoms with E-state index in [0.717, 1.165) is 60.1 Å². The van der Waals surface area contributed by atoms with Crippen molar-refractivity contribution in [3.05, 3.63) is 41.2 Å². The Morgan fingerprint density at radius 3 is 2.48 bits per heavy atom. The van der Waals surface area contributed by atoms with Gasteiger partial charge in [-0.05, 0) is 64.9 Å². The van der Waals surface area contributed by atoms with Crippen LogP contribution in [0.4, 0.5) is 0 Å². The quantitative estimate of drug-likeness (QED) is 0.521. The van der Waals surface area contributed by atoms with Crippen molar-refractivity contribution in [3.63, 3.8) is 0 Å². The maximum absolute atomic E-state index is 13.1. The Morgan fingerprint density at radius 2 is 1.77 bits per heavy atom. The molecule has 2 aliphatic rings. The van der Waals surface area contributed by atoms with Crippen molar-refractivity contribution in [2.45, 2.75) is 33.6 Å². The number of aryl methyl sites for hydroxylation is 1. The summed E-state index contributed by atoms with van der Waals surface area (Å²) in [7, 11) is 0. The first kappa shape index (κ1) is 21.4. The molecule has 0 spiro atoms. The first-order valence-electron chi connectivity index (χ1n) is 11.0. The number of esters is 1. The maximum atomic E-state index is 13.1. The molecule has 31 heavy (non-hydrogen) atoms. The SMILES string of the molecule is CCOC(=O)C1CCN(CC(=O)c2cc(C)n(-c3ccc4c(c3)OCCO4)c2C)CC1. The molecule has 0 bridgehead atoms. The van der Waals surface area contributed by atoms with Crippen LogP contribution in [0, 0.1) is 19.8 Å². The number of fused-ring (bicyclic) bond motifs is 1. The van der Waals surface area contributed by atoms with Crippen LogP contribution < -0.4 is 9.47 Å². The summed E-state index contributed by atoms with van der Waals surface area (Å²) in [6, 6.07) is 7.82. The largest absolute Gasteiger partial charge is 0.486 e. The third-order valence-electron chi connectivity index (χ3n) is 6.09. The number of piperidine rings is 1. The summed E-state index contributed by atoms with van der Waals surface area (Å²) in [4.78, 5) is 27.2. The molecule has 0 aliphatic carbocycles. The second-order valence-corrected chi connectivity index (χ2v) is 8.17. The second-order valence-electron chi connectivity index (χ2n) is 8.17. The molecule has 0 atom stereocenters. The Labute approximate surface area is 182 Å². The first-order valence-corrected chi connectivity index (χ1v) is 11.0. The zero-order chi connectivity index (χ0) is 22.0. The van der Waals surface area contributed by atoms with Gasteiger partial charge in [-0.1, -0.05) is 0 Å². The van der Waals surface area contributed by atoms with E-state index in [1.165, 1.54) is 0 Å². The van der Waals surface area contributed by atoms with Gasteiger partial charge in [0.05, 0.1) is 19.1 Å². The van der Waals surface area contributed by atoms with Gasteiger partial charge in [0.1, 0.15) is 13.2 Å². The third kappa shape index (κ3) is 4.46. The van der Waals surface area contributed by atoms with Gasteiger partial charge in [0.15, 0.2) is 17.3 Å². The highest BCUT2D eigenvalue weighted by Gasteiger charge is 2.28. The van der Waals surface area contributed by atoms with Crippen molar-refractivity contribution in [1.82, 2.24) is 9.47 Å². The molecule has 2 aliphatic heterocycles. The standard InChI is InChI=1S/C24H30N2O5/c1-4-29-24(28)18-7-9-25(10-8-18)15-21(27)20-13-16(2)26(17(20)3)19-5-6-22-23(14-19)31-12-11-30-22/h5-6,13-14,18H,4,7-12,15H2,1-3H3. The van der Waals surface area contributed by atoms with E-state index in [0.29, 0.717) is 26.4 Å². The second kappa shape index (κ2) is 9.14. The Bertz CT molecular complexity index is 973. The molecular weight excluding hydrogens is 396 g/mol. The molecule has 7 heteroatoms. The Kier molecular flexibility index (Phi) is 6.32. The molecule has 1 saturated heterocycles. The number of ether oxygens (including phenoxy) is 3. The molecule has 0 N–H and O–H groups in total. The predicted molar refractivity (Wildman–Crippen MR) is 116 cm³/mol. The molecule has 2 aromatic rings.